The van der Waals surface area contributed by atoms with Gasteiger partial charge < -0.3 is 9.47 Å². The molecular weight excluding hydrogens is 496 g/mol. The van der Waals surface area contributed by atoms with E-state index in [1.54, 1.807) is 45.0 Å². The van der Waals surface area contributed by atoms with Gasteiger partial charge in [0.1, 0.15) is 13.2 Å². The Balaban J connectivity index is 1.94. The third-order valence-electron chi connectivity index (χ3n) is 5.99. The molecule has 4 aromatic rings. The van der Waals surface area contributed by atoms with E-state index in [0.29, 0.717) is 11.1 Å². The molecule has 0 aliphatic rings. The SMILES string of the molecule is CCOC(=O)c1c(C)cc2c(c1C)c(=O)n(-c1ccccc1Cl)c(=O)n2CC(=O)OCc1ccccc1. The normalized spacial score (nSPS) is 10.9. The molecule has 8 nitrogen and oxygen atoms in total. The lowest BCUT2D eigenvalue weighted by Crippen LogP contribution is -2.41. The van der Waals surface area contributed by atoms with Crippen molar-refractivity contribution in [3.05, 3.63) is 109 Å². The van der Waals surface area contributed by atoms with Crippen LogP contribution in [0.15, 0.2) is 70.3 Å². The molecule has 1 heterocycles. The van der Waals surface area contributed by atoms with Gasteiger partial charge in [-0.25, -0.2) is 14.2 Å². The van der Waals surface area contributed by atoms with E-state index in [0.717, 1.165) is 10.1 Å². The molecule has 0 radical (unpaired) electrons. The van der Waals surface area contributed by atoms with Gasteiger partial charge in [0.2, 0.25) is 0 Å². The molecule has 0 bridgehead atoms. The minimum atomic E-state index is -0.759. The van der Waals surface area contributed by atoms with Crippen molar-refractivity contribution < 1.29 is 19.1 Å². The zero-order chi connectivity index (χ0) is 26.7. The Hall–Kier alpha value is -4.17. The number of benzene rings is 3. The van der Waals surface area contributed by atoms with Crippen molar-refractivity contribution in [1.82, 2.24) is 9.13 Å². The predicted octanol–water partition coefficient (Wildman–Crippen LogP) is 4.34. The maximum atomic E-state index is 13.7. The van der Waals surface area contributed by atoms with Gasteiger partial charge >= 0.3 is 17.6 Å². The summed E-state index contributed by atoms with van der Waals surface area (Å²) in [5.74, 6) is -1.25. The second-order valence-electron chi connectivity index (χ2n) is 8.42. The highest BCUT2D eigenvalue weighted by molar-refractivity contribution is 6.32. The first-order valence-corrected chi connectivity index (χ1v) is 12.0. The number of rotatable bonds is 7. The van der Waals surface area contributed by atoms with Crippen LogP contribution in [-0.2, 0) is 27.4 Å². The standard InChI is InChI=1S/C28H25ClN2O6/c1-4-36-27(34)24-17(2)14-22-25(18(24)3)26(33)31(21-13-9-8-12-20(21)29)28(35)30(22)15-23(32)37-16-19-10-6-5-7-11-19/h5-14H,4,15-16H2,1-3H3. The molecule has 0 spiro atoms. The van der Waals surface area contributed by atoms with Crippen molar-refractivity contribution in [2.75, 3.05) is 6.61 Å². The molecule has 4 rings (SSSR count). The zero-order valence-corrected chi connectivity index (χ0v) is 21.4. The lowest BCUT2D eigenvalue weighted by Gasteiger charge is -2.18. The van der Waals surface area contributed by atoms with Crippen molar-refractivity contribution >= 4 is 34.4 Å². The summed E-state index contributed by atoms with van der Waals surface area (Å²) >= 11 is 6.34. The molecule has 9 heteroatoms. The first kappa shape index (κ1) is 25.9. The average molecular weight is 521 g/mol. The molecule has 37 heavy (non-hydrogen) atoms. The Bertz CT molecular complexity index is 1620. The monoisotopic (exact) mass is 520 g/mol. The molecule has 0 fully saturated rings. The van der Waals surface area contributed by atoms with Gasteiger partial charge in [0.25, 0.3) is 5.56 Å². The Morgan fingerprint density at radius 2 is 1.62 bits per heavy atom. The van der Waals surface area contributed by atoms with E-state index in [9.17, 15) is 19.2 Å². The van der Waals surface area contributed by atoms with Gasteiger partial charge in [0.15, 0.2) is 0 Å². The molecule has 190 valence electrons. The van der Waals surface area contributed by atoms with Crippen LogP contribution >= 0.6 is 11.6 Å². The lowest BCUT2D eigenvalue weighted by atomic mass is 9.98. The summed E-state index contributed by atoms with van der Waals surface area (Å²) in [5.41, 5.74) is 0.807. The van der Waals surface area contributed by atoms with Gasteiger partial charge in [-0.15, -0.1) is 0 Å². The van der Waals surface area contributed by atoms with E-state index in [-0.39, 0.29) is 40.4 Å². The molecule has 0 amide bonds. The highest BCUT2D eigenvalue weighted by Gasteiger charge is 2.24. The van der Waals surface area contributed by atoms with Gasteiger partial charge in [-0.2, -0.15) is 0 Å². The second-order valence-corrected chi connectivity index (χ2v) is 8.82. The molecule has 0 saturated heterocycles. The molecule has 0 unspecified atom stereocenters. The number of halogens is 1. The Labute approximate surface area is 217 Å². The summed E-state index contributed by atoms with van der Waals surface area (Å²) in [5, 5.41) is 0.277. The Morgan fingerprint density at radius 3 is 2.30 bits per heavy atom. The van der Waals surface area contributed by atoms with Crippen LogP contribution < -0.4 is 11.2 Å². The van der Waals surface area contributed by atoms with Crippen LogP contribution in [0.25, 0.3) is 16.6 Å². The van der Waals surface area contributed by atoms with Gasteiger partial charge in [0, 0.05) is 0 Å². The van der Waals surface area contributed by atoms with Gasteiger partial charge in [0.05, 0.1) is 33.8 Å². The van der Waals surface area contributed by atoms with E-state index in [2.05, 4.69) is 0 Å². The highest BCUT2D eigenvalue weighted by Crippen LogP contribution is 2.25. The number of nitrogens with zero attached hydrogens (tertiary/aromatic N) is 2. The molecule has 0 N–H and O–H groups in total. The molecular formula is C28H25ClN2O6. The quantitative estimate of drug-likeness (QED) is 0.336. The van der Waals surface area contributed by atoms with Crippen LogP contribution in [0.2, 0.25) is 5.02 Å². The summed E-state index contributed by atoms with van der Waals surface area (Å²) in [4.78, 5) is 53.0. The highest BCUT2D eigenvalue weighted by atomic mass is 35.5. The third-order valence-corrected chi connectivity index (χ3v) is 6.31. The van der Waals surface area contributed by atoms with Crippen LogP contribution in [0.3, 0.4) is 0 Å². The van der Waals surface area contributed by atoms with Crippen molar-refractivity contribution in [3.63, 3.8) is 0 Å². The number of hydrogen-bond donors (Lipinski definition) is 0. The van der Waals surface area contributed by atoms with Crippen LogP contribution in [0.1, 0.15) is 34.0 Å². The summed E-state index contributed by atoms with van der Waals surface area (Å²) in [6.07, 6.45) is 0. The van der Waals surface area contributed by atoms with Crippen LogP contribution in [0.5, 0.6) is 0 Å². The minimum Gasteiger partial charge on any atom is -0.462 e. The lowest BCUT2D eigenvalue weighted by molar-refractivity contribution is -0.145. The average Bonchev–Trinajstić information content (AvgIpc) is 2.87. The number of ether oxygens (including phenoxy) is 2. The zero-order valence-electron chi connectivity index (χ0n) is 20.6. The number of para-hydroxylation sites is 1. The van der Waals surface area contributed by atoms with Crippen molar-refractivity contribution in [2.24, 2.45) is 0 Å². The minimum absolute atomic E-state index is 0.0293. The summed E-state index contributed by atoms with van der Waals surface area (Å²) in [6.45, 7) is 4.72. The van der Waals surface area contributed by atoms with E-state index in [4.69, 9.17) is 21.1 Å². The van der Waals surface area contributed by atoms with Crippen LogP contribution in [-0.4, -0.2) is 27.7 Å². The summed E-state index contributed by atoms with van der Waals surface area (Å²) < 4.78 is 12.7. The molecule has 0 aliphatic carbocycles. The predicted molar refractivity (Wildman–Crippen MR) is 140 cm³/mol. The van der Waals surface area contributed by atoms with Gasteiger partial charge in [-0.3, -0.25) is 14.2 Å². The van der Waals surface area contributed by atoms with Crippen molar-refractivity contribution in [1.29, 1.82) is 0 Å². The number of carbonyl (C=O) groups excluding carboxylic acids is 2. The number of hydrogen-bond acceptors (Lipinski definition) is 6. The Kier molecular flexibility index (Phi) is 7.59. The van der Waals surface area contributed by atoms with Crippen LogP contribution in [0.4, 0.5) is 0 Å². The first-order valence-electron chi connectivity index (χ1n) is 11.7. The third kappa shape index (κ3) is 5.06. The van der Waals surface area contributed by atoms with Crippen molar-refractivity contribution in [3.8, 4) is 5.69 Å². The number of carbonyl (C=O) groups is 2. The van der Waals surface area contributed by atoms with Gasteiger partial charge in [-0.1, -0.05) is 54.1 Å². The number of aryl methyl sites for hydroxylation is 2. The fourth-order valence-corrected chi connectivity index (χ4v) is 4.52. The maximum Gasteiger partial charge on any atom is 0.338 e. The molecule has 0 atom stereocenters. The van der Waals surface area contributed by atoms with E-state index in [1.807, 2.05) is 30.3 Å². The molecule has 1 aromatic heterocycles. The number of aromatic nitrogens is 2. The maximum absolute atomic E-state index is 13.7. The Morgan fingerprint density at radius 1 is 0.946 bits per heavy atom. The summed E-state index contributed by atoms with van der Waals surface area (Å²) in [7, 11) is 0. The first-order chi connectivity index (χ1) is 17.7. The number of fused-ring (bicyclic) bond motifs is 1. The summed E-state index contributed by atoms with van der Waals surface area (Å²) in [6, 6.07) is 17.1. The molecule has 0 saturated carbocycles. The molecule has 3 aromatic carbocycles. The van der Waals surface area contributed by atoms with E-state index in [1.165, 1.54) is 10.6 Å². The fourth-order valence-electron chi connectivity index (χ4n) is 4.30. The van der Waals surface area contributed by atoms with E-state index < -0.39 is 29.7 Å². The van der Waals surface area contributed by atoms with Crippen molar-refractivity contribution in [2.45, 2.75) is 33.9 Å². The van der Waals surface area contributed by atoms with Gasteiger partial charge in [-0.05, 0) is 55.7 Å². The number of esters is 2. The second kappa shape index (κ2) is 10.8. The fraction of sp³-hybridized carbons (Fsp3) is 0.214. The topological polar surface area (TPSA) is 96.6 Å². The van der Waals surface area contributed by atoms with E-state index >= 15 is 0 Å². The largest absolute Gasteiger partial charge is 0.462 e. The van der Waals surface area contributed by atoms with Crippen LogP contribution in [0, 0.1) is 13.8 Å². The molecule has 0 aliphatic heterocycles. The smallest absolute Gasteiger partial charge is 0.338 e.